The molecule has 0 saturated carbocycles. The SMILES string of the molecule is CC/C=C\C/C=C\C/C=C\C/C=C\C/C=C\CCCC(=O)NC(CO)C(O)CCCCCCCCCCCCCCCCCCCCCCCCCCCCCCCC. The Bertz CT molecular complexity index is 981. The molecule has 0 radical (unpaired) electrons. The predicted molar refractivity (Wildman–Crippen MR) is 262 cm³/mol. The van der Waals surface area contributed by atoms with Crippen molar-refractivity contribution in [2.75, 3.05) is 6.61 Å². The lowest BCUT2D eigenvalue weighted by atomic mass is 10.0. The molecule has 2 unspecified atom stereocenters. The number of hydrogen-bond donors (Lipinski definition) is 3. The van der Waals surface area contributed by atoms with Crippen LogP contribution in [0.4, 0.5) is 0 Å². The predicted octanol–water partition coefficient (Wildman–Crippen LogP) is 16.9. The third-order valence-electron chi connectivity index (χ3n) is 11.8. The summed E-state index contributed by atoms with van der Waals surface area (Å²) in [5, 5.41) is 23.2. The first-order chi connectivity index (χ1) is 29.2. The van der Waals surface area contributed by atoms with Gasteiger partial charge in [0.2, 0.25) is 5.91 Å². The van der Waals surface area contributed by atoms with Crippen LogP contribution < -0.4 is 5.32 Å². The fraction of sp³-hybridized carbons (Fsp3) is 0.800. The van der Waals surface area contributed by atoms with E-state index in [-0.39, 0.29) is 12.5 Å². The van der Waals surface area contributed by atoms with Crippen molar-refractivity contribution in [2.45, 2.75) is 276 Å². The van der Waals surface area contributed by atoms with Gasteiger partial charge in [0.15, 0.2) is 0 Å². The molecule has 0 aromatic rings. The molecule has 0 rings (SSSR count). The summed E-state index contributed by atoms with van der Waals surface area (Å²) in [6, 6.07) is -0.570. The van der Waals surface area contributed by atoms with E-state index >= 15 is 0 Å². The third kappa shape index (κ3) is 47.0. The van der Waals surface area contributed by atoms with Crippen molar-refractivity contribution in [1.29, 1.82) is 0 Å². The van der Waals surface area contributed by atoms with Crippen molar-refractivity contribution in [3.63, 3.8) is 0 Å². The molecule has 0 aliphatic rings. The molecule has 0 aromatic carbocycles. The minimum atomic E-state index is -0.686. The molecular weight excluding hydrogens is 723 g/mol. The van der Waals surface area contributed by atoms with E-state index in [1.165, 1.54) is 180 Å². The normalized spacial score (nSPS) is 13.4. The minimum Gasteiger partial charge on any atom is -0.394 e. The van der Waals surface area contributed by atoms with Crippen LogP contribution in [0.15, 0.2) is 60.8 Å². The van der Waals surface area contributed by atoms with Crippen LogP contribution in [0.2, 0.25) is 0 Å². The summed E-state index contributed by atoms with van der Waals surface area (Å²) in [4.78, 5) is 12.4. The van der Waals surface area contributed by atoms with Crippen LogP contribution in [-0.4, -0.2) is 34.9 Å². The Balaban J connectivity index is 3.49. The Morgan fingerprint density at radius 3 is 1.05 bits per heavy atom. The second-order valence-corrected chi connectivity index (χ2v) is 17.6. The van der Waals surface area contributed by atoms with Gasteiger partial charge in [-0.1, -0.05) is 267 Å². The van der Waals surface area contributed by atoms with Gasteiger partial charge in [-0.25, -0.2) is 0 Å². The number of unbranched alkanes of at least 4 members (excludes halogenated alkanes) is 30. The fourth-order valence-electron chi connectivity index (χ4n) is 7.87. The van der Waals surface area contributed by atoms with E-state index in [1.807, 2.05) is 0 Å². The van der Waals surface area contributed by atoms with Crippen molar-refractivity contribution in [1.82, 2.24) is 5.32 Å². The van der Waals surface area contributed by atoms with Crippen molar-refractivity contribution in [3.8, 4) is 0 Å². The summed E-state index contributed by atoms with van der Waals surface area (Å²) < 4.78 is 0. The second kappa shape index (κ2) is 50.4. The van der Waals surface area contributed by atoms with Gasteiger partial charge < -0.3 is 15.5 Å². The first-order valence-corrected chi connectivity index (χ1v) is 26.0. The van der Waals surface area contributed by atoms with Gasteiger partial charge in [-0.3, -0.25) is 4.79 Å². The van der Waals surface area contributed by atoms with Gasteiger partial charge >= 0.3 is 0 Å². The molecule has 0 fully saturated rings. The number of aliphatic hydroxyl groups is 2. The molecule has 0 heterocycles. The summed E-state index contributed by atoms with van der Waals surface area (Å²) in [6.07, 6.45) is 70.6. The molecule has 3 N–H and O–H groups in total. The number of nitrogens with one attached hydrogen (secondary N) is 1. The summed E-state index contributed by atoms with van der Waals surface area (Å²) in [7, 11) is 0. The Labute approximate surface area is 368 Å². The van der Waals surface area contributed by atoms with Gasteiger partial charge in [0, 0.05) is 6.42 Å². The van der Waals surface area contributed by atoms with E-state index in [4.69, 9.17) is 0 Å². The van der Waals surface area contributed by atoms with Gasteiger partial charge in [0.05, 0.1) is 18.8 Å². The maximum atomic E-state index is 12.4. The molecule has 2 atom stereocenters. The number of amides is 1. The minimum absolute atomic E-state index is 0.0869. The summed E-state index contributed by atoms with van der Waals surface area (Å²) in [5.74, 6) is -0.0869. The van der Waals surface area contributed by atoms with E-state index in [9.17, 15) is 15.0 Å². The highest BCUT2D eigenvalue weighted by Crippen LogP contribution is 2.17. The molecule has 0 aromatic heterocycles. The molecule has 4 heteroatoms. The lowest BCUT2D eigenvalue weighted by Gasteiger charge is -2.22. The van der Waals surface area contributed by atoms with Crippen molar-refractivity contribution < 1.29 is 15.0 Å². The van der Waals surface area contributed by atoms with Gasteiger partial charge in [-0.05, 0) is 51.4 Å². The summed E-state index contributed by atoms with van der Waals surface area (Å²) >= 11 is 0. The van der Waals surface area contributed by atoms with E-state index in [2.05, 4.69) is 79.9 Å². The molecule has 4 nitrogen and oxygen atoms in total. The fourth-order valence-corrected chi connectivity index (χ4v) is 7.87. The van der Waals surface area contributed by atoms with Crippen LogP contribution in [0, 0.1) is 0 Å². The summed E-state index contributed by atoms with van der Waals surface area (Å²) in [6.45, 7) is 4.23. The maximum absolute atomic E-state index is 12.4. The zero-order valence-corrected chi connectivity index (χ0v) is 39.5. The van der Waals surface area contributed by atoms with Crippen molar-refractivity contribution >= 4 is 5.91 Å². The molecule has 344 valence electrons. The Hall–Kier alpha value is -1.91. The topological polar surface area (TPSA) is 69.6 Å². The molecule has 0 saturated heterocycles. The highest BCUT2D eigenvalue weighted by Gasteiger charge is 2.19. The van der Waals surface area contributed by atoms with Crippen LogP contribution in [-0.2, 0) is 4.79 Å². The highest BCUT2D eigenvalue weighted by molar-refractivity contribution is 5.76. The zero-order chi connectivity index (χ0) is 42.8. The number of hydrogen-bond acceptors (Lipinski definition) is 3. The molecule has 59 heavy (non-hydrogen) atoms. The number of aliphatic hydroxyl groups excluding tert-OH is 2. The number of allylic oxidation sites excluding steroid dienone is 10. The molecule has 0 spiro atoms. The van der Waals surface area contributed by atoms with Crippen molar-refractivity contribution in [2.24, 2.45) is 0 Å². The van der Waals surface area contributed by atoms with Gasteiger partial charge in [-0.15, -0.1) is 0 Å². The number of rotatable bonds is 47. The number of carbonyl (C=O) groups excluding carboxylic acids is 1. The Kier molecular flexibility index (Phi) is 48.8. The van der Waals surface area contributed by atoms with Gasteiger partial charge in [0.25, 0.3) is 0 Å². The van der Waals surface area contributed by atoms with Gasteiger partial charge in [0.1, 0.15) is 0 Å². The third-order valence-corrected chi connectivity index (χ3v) is 11.8. The van der Waals surface area contributed by atoms with Crippen LogP contribution >= 0.6 is 0 Å². The van der Waals surface area contributed by atoms with Crippen LogP contribution in [0.1, 0.15) is 264 Å². The quantitative estimate of drug-likeness (QED) is 0.0423. The second-order valence-electron chi connectivity index (χ2n) is 17.6. The smallest absolute Gasteiger partial charge is 0.220 e. The first kappa shape index (κ1) is 57.1. The Morgan fingerprint density at radius 1 is 0.424 bits per heavy atom. The molecule has 0 aliphatic heterocycles. The first-order valence-electron chi connectivity index (χ1n) is 26.0. The van der Waals surface area contributed by atoms with Crippen LogP contribution in [0.5, 0.6) is 0 Å². The van der Waals surface area contributed by atoms with E-state index in [0.29, 0.717) is 12.8 Å². The van der Waals surface area contributed by atoms with E-state index in [1.54, 1.807) is 0 Å². The zero-order valence-electron chi connectivity index (χ0n) is 39.5. The van der Waals surface area contributed by atoms with Crippen molar-refractivity contribution in [3.05, 3.63) is 60.8 Å². The largest absolute Gasteiger partial charge is 0.394 e. The van der Waals surface area contributed by atoms with E-state index in [0.717, 1.165) is 57.8 Å². The molecular formula is C55H101NO3. The average molecular weight is 824 g/mol. The number of carbonyl (C=O) groups is 1. The highest BCUT2D eigenvalue weighted by atomic mass is 16.3. The Morgan fingerprint density at radius 2 is 0.729 bits per heavy atom. The lowest BCUT2D eigenvalue weighted by molar-refractivity contribution is -0.123. The lowest BCUT2D eigenvalue weighted by Crippen LogP contribution is -2.45. The molecule has 0 aliphatic carbocycles. The molecule has 1 amide bonds. The van der Waals surface area contributed by atoms with Crippen LogP contribution in [0.25, 0.3) is 0 Å². The monoisotopic (exact) mass is 824 g/mol. The van der Waals surface area contributed by atoms with E-state index < -0.39 is 12.1 Å². The maximum Gasteiger partial charge on any atom is 0.220 e. The summed E-state index contributed by atoms with van der Waals surface area (Å²) in [5.41, 5.74) is 0. The van der Waals surface area contributed by atoms with Crippen LogP contribution in [0.3, 0.4) is 0 Å². The van der Waals surface area contributed by atoms with Gasteiger partial charge in [-0.2, -0.15) is 0 Å². The standard InChI is InChI=1S/C55H101NO3/c1-3-5-7-9-11-13-15-17-19-21-22-23-24-25-26-27-28-29-30-31-32-33-35-36-38-40-42-44-46-48-50-54(58)53(52-57)56-55(59)51-49-47-45-43-41-39-37-34-20-18-16-14-12-10-8-6-4-2/h6,8,12,14,18,20,37,39,43,45,53-54,57-58H,3-5,7,9-11,13,15-17,19,21-36,38,40-42,44,46-52H2,1-2H3,(H,56,59)/b8-6-,14-12-,20-18-,39-37-,45-43-. The molecule has 0 bridgehead atoms. The average Bonchev–Trinajstić information content (AvgIpc) is 3.24.